The van der Waals surface area contributed by atoms with E-state index >= 15 is 0 Å². The Hall–Kier alpha value is -2.73. The van der Waals surface area contributed by atoms with Gasteiger partial charge in [0, 0.05) is 37.7 Å². The fourth-order valence-corrected chi connectivity index (χ4v) is 4.79. The minimum atomic E-state index is 0.0379. The monoisotopic (exact) mass is 391 g/mol. The lowest BCUT2D eigenvalue weighted by Crippen LogP contribution is -2.51. The zero-order valence-corrected chi connectivity index (χ0v) is 16.3. The molecular formula is C22H21N3O2S. The molecule has 0 spiro atoms. The molecule has 1 aromatic heterocycles. The Balaban J connectivity index is 1.19. The molecule has 1 saturated carbocycles. The number of hydrogen-bond acceptors (Lipinski definition) is 4. The summed E-state index contributed by atoms with van der Waals surface area (Å²) in [5, 5.41) is 0. The van der Waals surface area contributed by atoms with Gasteiger partial charge in [-0.3, -0.25) is 9.59 Å². The van der Waals surface area contributed by atoms with Crippen LogP contribution in [-0.2, 0) is 4.79 Å². The third kappa shape index (κ3) is 3.18. The first-order valence-electron chi connectivity index (χ1n) is 9.67. The Kier molecular flexibility index (Phi) is 4.36. The number of hydrogen-bond donors (Lipinski definition) is 0. The van der Waals surface area contributed by atoms with Crippen LogP contribution in [0.3, 0.4) is 0 Å². The average molecular weight is 391 g/mol. The molecule has 6 heteroatoms. The van der Waals surface area contributed by atoms with Gasteiger partial charge in [0.25, 0.3) is 5.91 Å². The number of nitrogens with zero attached hydrogens (tertiary/aromatic N) is 3. The summed E-state index contributed by atoms with van der Waals surface area (Å²) in [6, 6.07) is 15.9. The van der Waals surface area contributed by atoms with Gasteiger partial charge in [0.15, 0.2) is 0 Å². The highest BCUT2D eigenvalue weighted by Gasteiger charge is 2.46. The predicted octanol–water partition coefficient (Wildman–Crippen LogP) is 3.38. The standard InChI is InChI=1S/C22H21N3O2S/c26-21(16-6-7-19-20(12-16)28-14-23-19)24-8-10-25(11-9-24)22(27)18-13-17(18)15-4-2-1-3-5-15/h1-7,12,14,17-18H,8-11,13H2/t17-,18-/m1/s1. The van der Waals surface area contributed by atoms with Crippen molar-refractivity contribution in [2.45, 2.75) is 12.3 Å². The number of thiazole rings is 1. The van der Waals surface area contributed by atoms with E-state index in [4.69, 9.17) is 0 Å². The maximum Gasteiger partial charge on any atom is 0.254 e. The Bertz CT molecular complexity index is 1020. The molecular weight excluding hydrogens is 370 g/mol. The molecule has 0 bridgehead atoms. The van der Waals surface area contributed by atoms with E-state index in [1.165, 1.54) is 5.56 Å². The van der Waals surface area contributed by atoms with Crippen molar-refractivity contribution in [3.8, 4) is 0 Å². The molecule has 0 N–H and O–H groups in total. The van der Waals surface area contributed by atoms with E-state index in [2.05, 4.69) is 17.1 Å². The van der Waals surface area contributed by atoms with Gasteiger partial charge < -0.3 is 9.80 Å². The molecule has 0 unspecified atom stereocenters. The lowest BCUT2D eigenvalue weighted by molar-refractivity contribution is -0.134. The molecule has 142 valence electrons. The summed E-state index contributed by atoms with van der Waals surface area (Å²) >= 11 is 1.54. The molecule has 2 amide bonds. The molecule has 0 radical (unpaired) electrons. The second-order valence-corrected chi connectivity index (χ2v) is 8.40. The molecule has 2 heterocycles. The van der Waals surface area contributed by atoms with Crippen molar-refractivity contribution in [2.24, 2.45) is 5.92 Å². The summed E-state index contributed by atoms with van der Waals surface area (Å²) in [6.07, 6.45) is 0.941. The van der Waals surface area contributed by atoms with Crippen LogP contribution < -0.4 is 0 Å². The van der Waals surface area contributed by atoms with Crippen molar-refractivity contribution in [1.29, 1.82) is 0 Å². The summed E-state index contributed by atoms with van der Waals surface area (Å²) in [5.41, 5.74) is 4.68. The fourth-order valence-electron chi connectivity index (χ4n) is 4.07. The Morgan fingerprint density at radius 3 is 2.50 bits per heavy atom. The van der Waals surface area contributed by atoms with Crippen LogP contribution in [0.2, 0.25) is 0 Å². The van der Waals surface area contributed by atoms with Crippen molar-refractivity contribution >= 4 is 33.4 Å². The van der Waals surface area contributed by atoms with E-state index in [0.29, 0.717) is 37.7 Å². The van der Waals surface area contributed by atoms with Crippen LogP contribution in [0.1, 0.15) is 28.3 Å². The van der Waals surface area contributed by atoms with Crippen molar-refractivity contribution in [3.63, 3.8) is 0 Å². The van der Waals surface area contributed by atoms with E-state index in [1.54, 1.807) is 16.8 Å². The highest BCUT2D eigenvalue weighted by Crippen LogP contribution is 2.48. The minimum absolute atomic E-state index is 0.0379. The number of carbonyl (C=O) groups excluding carboxylic acids is 2. The molecule has 2 aromatic carbocycles. The van der Waals surface area contributed by atoms with Crippen molar-refractivity contribution in [1.82, 2.24) is 14.8 Å². The molecule has 2 fully saturated rings. The van der Waals surface area contributed by atoms with Gasteiger partial charge in [0.05, 0.1) is 15.7 Å². The Morgan fingerprint density at radius 1 is 0.964 bits per heavy atom. The van der Waals surface area contributed by atoms with Crippen molar-refractivity contribution < 1.29 is 9.59 Å². The highest BCUT2D eigenvalue weighted by atomic mass is 32.1. The van der Waals surface area contributed by atoms with Gasteiger partial charge in [-0.1, -0.05) is 30.3 Å². The SMILES string of the molecule is O=C(c1ccc2ncsc2c1)N1CCN(C(=O)[C@@H]2C[C@@H]2c2ccccc2)CC1. The van der Waals surface area contributed by atoms with E-state index in [-0.39, 0.29) is 17.7 Å². The zero-order chi connectivity index (χ0) is 19.1. The van der Waals surface area contributed by atoms with Crippen LogP contribution in [0, 0.1) is 5.92 Å². The van der Waals surface area contributed by atoms with Crippen molar-refractivity contribution in [2.75, 3.05) is 26.2 Å². The number of amides is 2. The van der Waals surface area contributed by atoms with Gasteiger partial charge in [0.1, 0.15) is 0 Å². The van der Waals surface area contributed by atoms with E-state index in [0.717, 1.165) is 16.6 Å². The van der Waals surface area contributed by atoms with Gasteiger partial charge >= 0.3 is 0 Å². The maximum absolute atomic E-state index is 12.8. The predicted molar refractivity (Wildman–Crippen MR) is 109 cm³/mol. The van der Waals surface area contributed by atoms with Crippen LogP contribution in [0.25, 0.3) is 10.2 Å². The smallest absolute Gasteiger partial charge is 0.254 e. The second-order valence-electron chi connectivity index (χ2n) is 7.51. The van der Waals surface area contributed by atoms with Gasteiger partial charge in [0.2, 0.25) is 5.91 Å². The largest absolute Gasteiger partial charge is 0.339 e. The quantitative estimate of drug-likeness (QED) is 0.688. The molecule has 5 rings (SSSR count). The van der Waals surface area contributed by atoms with Crippen LogP contribution in [0.15, 0.2) is 54.0 Å². The first-order chi connectivity index (χ1) is 13.7. The van der Waals surface area contributed by atoms with E-state index < -0.39 is 0 Å². The van der Waals surface area contributed by atoms with Crippen molar-refractivity contribution in [3.05, 3.63) is 65.2 Å². The van der Waals surface area contributed by atoms with Gasteiger partial charge in [-0.25, -0.2) is 4.98 Å². The molecule has 28 heavy (non-hydrogen) atoms. The molecule has 3 aromatic rings. The summed E-state index contributed by atoms with van der Waals surface area (Å²) in [7, 11) is 0. The van der Waals surface area contributed by atoms with E-state index in [1.807, 2.05) is 46.2 Å². The third-order valence-electron chi connectivity index (χ3n) is 5.79. The van der Waals surface area contributed by atoms with Crippen LogP contribution in [0.4, 0.5) is 0 Å². The summed E-state index contributed by atoms with van der Waals surface area (Å²) < 4.78 is 1.03. The number of piperazine rings is 1. The average Bonchev–Trinajstić information content (AvgIpc) is 3.42. The lowest BCUT2D eigenvalue weighted by atomic mass is 10.1. The second kappa shape index (κ2) is 7.02. The number of fused-ring (bicyclic) bond motifs is 1. The molecule has 2 atom stereocenters. The Labute approximate surface area is 167 Å². The molecule has 5 nitrogen and oxygen atoms in total. The summed E-state index contributed by atoms with van der Waals surface area (Å²) in [4.78, 5) is 33.7. The molecule has 2 aliphatic rings. The number of aromatic nitrogens is 1. The third-order valence-corrected chi connectivity index (χ3v) is 6.58. The maximum atomic E-state index is 12.8. The van der Waals surface area contributed by atoms with Gasteiger partial charge in [-0.15, -0.1) is 11.3 Å². The normalized spacial score (nSPS) is 21.7. The summed E-state index contributed by atoms with van der Waals surface area (Å²) in [5.74, 6) is 0.751. The van der Waals surface area contributed by atoms with Crippen LogP contribution in [-0.4, -0.2) is 52.8 Å². The minimum Gasteiger partial charge on any atom is -0.339 e. The van der Waals surface area contributed by atoms with Gasteiger partial charge in [-0.05, 0) is 36.1 Å². The molecule has 1 aliphatic carbocycles. The van der Waals surface area contributed by atoms with E-state index in [9.17, 15) is 9.59 Å². The highest BCUT2D eigenvalue weighted by molar-refractivity contribution is 7.16. The summed E-state index contributed by atoms with van der Waals surface area (Å²) in [6.45, 7) is 2.42. The Morgan fingerprint density at radius 2 is 1.71 bits per heavy atom. The number of rotatable bonds is 3. The molecule has 1 saturated heterocycles. The van der Waals surface area contributed by atoms with Gasteiger partial charge in [-0.2, -0.15) is 0 Å². The van der Waals surface area contributed by atoms with Crippen LogP contribution in [0.5, 0.6) is 0 Å². The first kappa shape index (κ1) is 17.4. The number of carbonyl (C=O) groups is 2. The number of benzene rings is 2. The fraction of sp³-hybridized carbons (Fsp3) is 0.318. The topological polar surface area (TPSA) is 53.5 Å². The lowest BCUT2D eigenvalue weighted by Gasteiger charge is -2.35. The van der Waals surface area contributed by atoms with Crippen LogP contribution >= 0.6 is 11.3 Å². The zero-order valence-electron chi connectivity index (χ0n) is 15.5. The first-order valence-corrected chi connectivity index (χ1v) is 10.5. The molecule has 1 aliphatic heterocycles.